The van der Waals surface area contributed by atoms with Crippen LogP contribution in [0.5, 0.6) is 0 Å². The summed E-state index contributed by atoms with van der Waals surface area (Å²) in [4.78, 5) is 0. The third-order valence-electron chi connectivity index (χ3n) is 2.39. The maximum absolute atomic E-state index is 12.0. The smallest absolute Gasteiger partial charge is 0.281 e. The van der Waals surface area contributed by atoms with Crippen molar-refractivity contribution in [3.8, 4) is 0 Å². The highest BCUT2D eigenvalue weighted by atomic mass is 32.2. The third-order valence-corrected chi connectivity index (χ3v) is 4.37. The molecule has 0 radical (unpaired) electrons. The molecule has 8 heteroatoms. The fourth-order valence-electron chi connectivity index (χ4n) is 1.37. The van der Waals surface area contributed by atoms with E-state index in [1.165, 1.54) is 15.7 Å². The normalized spacial score (nSPS) is 18.9. The van der Waals surface area contributed by atoms with E-state index in [0.717, 1.165) is 0 Å². The highest BCUT2D eigenvalue weighted by Gasteiger charge is 2.28. The van der Waals surface area contributed by atoms with Crippen LogP contribution in [0.4, 0.5) is 0 Å². The first-order chi connectivity index (χ1) is 7.44. The lowest BCUT2D eigenvalue weighted by Crippen LogP contribution is -2.47. The molecule has 94 valence electrons. The first-order valence-electron chi connectivity index (χ1n) is 5.06. The van der Waals surface area contributed by atoms with Crippen molar-refractivity contribution in [3.63, 3.8) is 0 Å². The molecule has 1 aliphatic heterocycles. The standard InChI is InChI=1S/C8H18N4O3S/c1-11(3-2-8(9)10)16(13,14)12-4-6-15-7-5-12/h2-7H2,1H3,(H3,9,10). The fourth-order valence-corrected chi connectivity index (χ4v) is 2.69. The van der Waals surface area contributed by atoms with E-state index < -0.39 is 10.2 Å². The molecule has 1 fully saturated rings. The van der Waals surface area contributed by atoms with Crippen molar-refractivity contribution in [2.75, 3.05) is 39.9 Å². The molecular formula is C8H18N4O3S. The second kappa shape index (κ2) is 5.58. The van der Waals surface area contributed by atoms with E-state index in [1.54, 1.807) is 0 Å². The van der Waals surface area contributed by atoms with E-state index in [4.69, 9.17) is 15.9 Å². The Morgan fingerprint density at radius 1 is 1.50 bits per heavy atom. The van der Waals surface area contributed by atoms with E-state index in [1.807, 2.05) is 0 Å². The van der Waals surface area contributed by atoms with Gasteiger partial charge in [0.2, 0.25) is 0 Å². The van der Waals surface area contributed by atoms with Crippen LogP contribution in [0.15, 0.2) is 0 Å². The molecule has 1 heterocycles. The van der Waals surface area contributed by atoms with Gasteiger partial charge >= 0.3 is 0 Å². The van der Waals surface area contributed by atoms with Gasteiger partial charge in [0.25, 0.3) is 10.2 Å². The highest BCUT2D eigenvalue weighted by molar-refractivity contribution is 7.86. The minimum absolute atomic E-state index is 0.0102. The SMILES string of the molecule is CN(CCC(=N)N)S(=O)(=O)N1CCOCC1. The van der Waals surface area contributed by atoms with Gasteiger partial charge in [0, 0.05) is 33.1 Å². The van der Waals surface area contributed by atoms with Crippen LogP contribution >= 0.6 is 0 Å². The monoisotopic (exact) mass is 250 g/mol. The Kier molecular flexibility index (Phi) is 4.66. The molecule has 0 bridgehead atoms. The van der Waals surface area contributed by atoms with Crippen molar-refractivity contribution < 1.29 is 13.2 Å². The Bertz CT molecular complexity index is 337. The molecule has 0 aliphatic carbocycles. The van der Waals surface area contributed by atoms with Gasteiger partial charge in [-0.25, -0.2) is 0 Å². The Labute approximate surface area is 95.8 Å². The summed E-state index contributed by atoms with van der Waals surface area (Å²) in [7, 11) is -1.93. The van der Waals surface area contributed by atoms with Crippen molar-refractivity contribution in [2.24, 2.45) is 5.73 Å². The summed E-state index contributed by atoms with van der Waals surface area (Å²) in [6, 6.07) is 0. The van der Waals surface area contributed by atoms with Crippen LogP contribution in [0.3, 0.4) is 0 Å². The minimum atomic E-state index is -3.42. The van der Waals surface area contributed by atoms with Gasteiger partial charge in [-0.05, 0) is 0 Å². The van der Waals surface area contributed by atoms with Gasteiger partial charge in [-0.1, -0.05) is 0 Å². The van der Waals surface area contributed by atoms with Crippen LogP contribution in [0.2, 0.25) is 0 Å². The topological polar surface area (TPSA) is 99.7 Å². The molecule has 0 spiro atoms. The maximum atomic E-state index is 12.0. The van der Waals surface area contributed by atoms with Crippen molar-refractivity contribution in [1.82, 2.24) is 8.61 Å². The average Bonchev–Trinajstić information content (AvgIpc) is 2.27. The first-order valence-corrected chi connectivity index (χ1v) is 6.46. The summed E-state index contributed by atoms with van der Waals surface area (Å²) in [6.07, 6.45) is 0.250. The van der Waals surface area contributed by atoms with Crippen molar-refractivity contribution >= 4 is 16.0 Å². The van der Waals surface area contributed by atoms with Crippen LogP contribution in [-0.4, -0.2) is 62.8 Å². The number of ether oxygens (including phenoxy) is 1. The lowest BCUT2D eigenvalue weighted by Gasteiger charge is -2.30. The number of hydrogen-bond acceptors (Lipinski definition) is 4. The number of morpholine rings is 1. The quantitative estimate of drug-likeness (QED) is 0.474. The van der Waals surface area contributed by atoms with Gasteiger partial charge in [-0.15, -0.1) is 0 Å². The predicted molar refractivity (Wildman–Crippen MR) is 60.5 cm³/mol. The van der Waals surface area contributed by atoms with E-state index in [-0.39, 0.29) is 18.8 Å². The van der Waals surface area contributed by atoms with Crippen LogP contribution in [0, 0.1) is 5.41 Å². The van der Waals surface area contributed by atoms with E-state index >= 15 is 0 Å². The minimum Gasteiger partial charge on any atom is -0.388 e. The summed E-state index contributed by atoms with van der Waals surface area (Å²) >= 11 is 0. The van der Waals surface area contributed by atoms with Crippen LogP contribution in [-0.2, 0) is 14.9 Å². The van der Waals surface area contributed by atoms with Crippen LogP contribution < -0.4 is 5.73 Å². The maximum Gasteiger partial charge on any atom is 0.281 e. The number of nitrogens with two attached hydrogens (primary N) is 1. The summed E-state index contributed by atoms with van der Waals surface area (Å²) in [6.45, 7) is 1.86. The van der Waals surface area contributed by atoms with Gasteiger partial charge in [0.1, 0.15) is 0 Å². The second-order valence-electron chi connectivity index (χ2n) is 3.62. The van der Waals surface area contributed by atoms with E-state index in [9.17, 15) is 8.42 Å². The molecule has 0 atom stereocenters. The number of hydrogen-bond donors (Lipinski definition) is 2. The Hall–Kier alpha value is -0.700. The van der Waals surface area contributed by atoms with Gasteiger partial charge in [0.15, 0.2) is 0 Å². The lowest BCUT2D eigenvalue weighted by atomic mass is 10.4. The largest absolute Gasteiger partial charge is 0.388 e. The average molecular weight is 250 g/mol. The molecule has 0 amide bonds. The third kappa shape index (κ3) is 3.41. The first kappa shape index (κ1) is 13.4. The van der Waals surface area contributed by atoms with Crippen molar-refractivity contribution in [1.29, 1.82) is 5.41 Å². The zero-order valence-corrected chi connectivity index (χ0v) is 10.2. The molecule has 1 rings (SSSR count). The van der Waals surface area contributed by atoms with Crippen LogP contribution in [0.1, 0.15) is 6.42 Å². The van der Waals surface area contributed by atoms with Crippen molar-refractivity contribution in [2.45, 2.75) is 6.42 Å². The Balaban J connectivity index is 2.57. The number of nitrogens with one attached hydrogen (secondary N) is 1. The Morgan fingerprint density at radius 3 is 2.56 bits per heavy atom. The van der Waals surface area contributed by atoms with Crippen LogP contribution in [0.25, 0.3) is 0 Å². The highest BCUT2D eigenvalue weighted by Crippen LogP contribution is 2.09. The Morgan fingerprint density at radius 2 is 2.06 bits per heavy atom. The summed E-state index contributed by atoms with van der Waals surface area (Å²) in [5.41, 5.74) is 5.19. The summed E-state index contributed by atoms with van der Waals surface area (Å²) in [5.74, 6) is -0.0102. The van der Waals surface area contributed by atoms with E-state index in [0.29, 0.717) is 26.3 Å². The fraction of sp³-hybridized carbons (Fsp3) is 0.875. The van der Waals surface area contributed by atoms with Gasteiger partial charge in [-0.2, -0.15) is 17.0 Å². The van der Waals surface area contributed by atoms with Crippen molar-refractivity contribution in [3.05, 3.63) is 0 Å². The number of rotatable bonds is 5. The zero-order chi connectivity index (χ0) is 12.2. The lowest BCUT2D eigenvalue weighted by molar-refractivity contribution is 0.0706. The van der Waals surface area contributed by atoms with Gasteiger partial charge in [0.05, 0.1) is 19.0 Å². The zero-order valence-electron chi connectivity index (χ0n) is 9.35. The molecule has 0 unspecified atom stereocenters. The molecule has 1 saturated heterocycles. The molecule has 0 aromatic carbocycles. The number of nitrogens with zero attached hydrogens (tertiary/aromatic N) is 2. The molecule has 0 saturated carbocycles. The molecule has 0 aromatic rings. The predicted octanol–water partition coefficient (Wildman–Crippen LogP) is -1.18. The second-order valence-corrected chi connectivity index (χ2v) is 5.65. The molecule has 3 N–H and O–H groups in total. The summed E-state index contributed by atoms with van der Waals surface area (Å²) in [5, 5.41) is 7.06. The molecule has 0 aromatic heterocycles. The van der Waals surface area contributed by atoms with E-state index in [2.05, 4.69) is 0 Å². The molecule has 1 aliphatic rings. The summed E-state index contributed by atoms with van der Waals surface area (Å²) < 4.78 is 31.7. The molecular weight excluding hydrogens is 232 g/mol. The molecule has 7 nitrogen and oxygen atoms in total. The van der Waals surface area contributed by atoms with Gasteiger partial charge in [-0.3, -0.25) is 5.41 Å². The molecule has 16 heavy (non-hydrogen) atoms. The number of amidine groups is 1. The van der Waals surface area contributed by atoms with Gasteiger partial charge < -0.3 is 10.5 Å².